The average Bonchev–Trinajstić information content (AvgIpc) is 2.23. The van der Waals surface area contributed by atoms with E-state index >= 15 is 0 Å². The minimum absolute atomic E-state index is 0.258. The van der Waals surface area contributed by atoms with Crippen molar-refractivity contribution in [2.45, 2.75) is 19.8 Å². The molecule has 0 aliphatic heterocycles. The molecule has 1 rings (SSSR count). The van der Waals surface area contributed by atoms with Crippen LogP contribution < -0.4 is 0 Å². The van der Waals surface area contributed by atoms with E-state index in [9.17, 15) is 13.9 Å². The van der Waals surface area contributed by atoms with E-state index in [1.165, 1.54) is 5.56 Å². The van der Waals surface area contributed by atoms with Gasteiger partial charge in [-0.15, -0.1) is 0 Å². The smallest absolute Gasteiger partial charge is 0.302 e. The molecule has 0 fully saturated rings. The Morgan fingerprint density at radius 1 is 1.05 bits per heavy atom. The van der Waals surface area contributed by atoms with Gasteiger partial charge >= 0.3 is 15.6 Å². The number of ketones is 1. The number of hydrogen-bond acceptors (Lipinski definition) is 4. The minimum Gasteiger partial charge on any atom is -0.302 e. The predicted molar refractivity (Wildman–Crippen MR) is 70.6 cm³/mol. The van der Waals surface area contributed by atoms with E-state index in [-0.39, 0.29) is 5.78 Å². The molecule has 0 saturated carbocycles. The van der Waals surface area contributed by atoms with Gasteiger partial charge in [0.25, 0.3) is 0 Å². The first-order valence-corrected chi connectivity index (χ1v) is 8.41. The Morgan fingerprint density at radius 3 is 1.80 bits per heavy atom. The van der Waals surface area contributed by atoms with Crippen molar-refractivity contribution >= 4 is 21.4 Å². The molecule has 0 radical (unpaired) electrons. The van der Waals surface area contributed by atoms with Crippen molar-refractivity contribution in [3.05, 3.63) is 35.9 Å². The van der Waals surface area contributed by atoms with Crippen molar-refractivity contribution in [3.63, 3.8) is 0 Å². The highest BCUT2D eigenvalue weighted by atomic mass is 31.3. The Labute approximate surface area is 115 Å². The quantitative estimate of drug-likeness (QED) is 0.595. The van der Waals surface area contributed by atoms with Crippen LogP contribution in [0.25, 0.3) is 0 Å². The molecule has 1 aromatic carbocycles. The van der Waals surface area contributed by atoms with Crippen LogP contribution in [-0.2, 0) is 24.7 Å². The van der Waals surface area contributed by atoms with Crippen LogP contribution in [0.4, 0.5) is 0 Å². The van der Waals surface area contributed by atoms with Crippen LogP contribution >= 0.6 is 15.6 Å². The Kier molecular flexibility index (Phi) is 8.08. The molecule has 1 aromatic rings. The second-order valence-electron chi connectivity index (χ2n) is 3.75. The van der Waals surface area contributed by atoms with Crippen molar-refractivity contribution in [2.24, 2.45) is 0 Å². The van der Waals surface area contributed by atoms with Gasteiger partial charge in [0, 0.05) is 6.42 Å². The van der Waals surface area contributed by atoms with Gasteiger partial charge < -0.3 is 24.4 Å². The lowest BCUT2D eigenvalue weighted by molar-refractivity contribution is -0.116. The maximum atomic E-state index is 10.6. The highest BCUT2D eigenvalue weighted by Gasteiger charge is 2.27. The van der Waals surface area contributed by atoms with E-state index in [1.54, 1.807) is 6.92 Å². The SMILES string of the molecule is CC(=O)CCc1ccccc1.O=P(O)(O)OP(=O)(O)O. The maximum Gasteiger partial charge on any atom is 0.478 e. The van der Waals surface area contributed by atoms with E-state index in [2.05, 4.69) is 4.31 Å². The summed E-state index contributed by atoms with van der Waals surface area (Å²) in [7, 11) is -10.1. The highest BCUT2D eigenvalue weighted by Crippen LogP contribution is 2.53. The molecule has 0 heterocycles. The second-order valence-corrected chi connectivity index (χ2v) is 6.37. The molecule has 0 bridgehead atoms. The van der Waals surface area contributed by atoms with Gasteiger partial charge in [0.2, 0.25) is 0 Å². The van der Waals surface area contributed by atoms with Gasteiger partial charge in [0.05, 0.1) is 0 Å². The molecule has 0 unspecified atom stereocenters. The molecule has 0 aliphatic rings. The Balaban J connectivity index is 0.000000370. The molecule has 4 N–H and O–H groups in total. The zero-order valence-corrected chi connectivity index (χ0v) is 12.4. The normalized spacial score (nSPS) is 11.4. The predicted octanol–water partition coefficient (Wildman–Crippen LogP) is 1.40. The van der Waals surface area contributed by atoms with Crippen molar-refractivity contribution in [1.82, 2.24) is 0 Å². The zero-order chi connectivity index (χ0) is 15.8. The van der Waals surface area contributed by atoms with Gasteiger partial charge in [-0.25, -0.2) is 9.13 Å². The molecular weight excluding hydrogens is 310 g/mol. The molecule has 0 spiro atoms. The number of carbonyl (C=O) groups excluding carboxylic acids is 1. The number of aryl methyl sites for hydroxylation is 1. The number of carbonyl (C=O) groups is 1. The topological polar surface area (TPSA) is 141 Å². The largest absolute Gasteiger partial charge is 0.478 e. The molecule has 0 amide bonds. The Morgan fingerprint density at radius 2 is 1.50 bits per heavy atom. The van der Waals surface area contributed by atoms with E-state index in [4.69, 9.17) is 19.6 Å². The number of phosphoric acid groups is 2. The highest BCUT2D eigenvalue weighted by molar-refractivity contribution is 7.60. The van der Waals surface area contributed by atoms with Crippen LogP contribution in [0.5, 0.6) is 0 Å². The summed E-state index contributed by atoms with van der Waals surface area (Å²) in [5.74, 6) is 0.258. The molecule has 10 heteroatoms. The summed E-state index contributed by atoms with van der Waals surface area (Å²) in [4.78, 5) is 41.6. The minimum atomic E-state index is -5.05. The molecule has 20 heavy (non-hydrogen) atoms. The molecule has 0 atom stereocenters. The summed E-state index contributed by atoms with van der Waals surface area (Å²) in [6, 6.07) is 10.1. The van der Waals surface area contributed by atoms with Gasteiger partial charge in [-0.3, -0.25) is 0 Å². The molecule has 0 saturated heterocycles. The summed E-state index contributed by atoms with van der Waals surface area (Å²) < 4.78 is 22.2. The zero-order valence-electron chi connectivity index (χ0n) is 10.6. The summed E-state index contributed by atoms with van der Waals surface area (Å²) in [6.07, 6.45) is 1.53. The number of Topliss-reactive ketones (excluding diaryl/α,β-unsaturated/α-hetero) is 1. The molecular formula is C10H16O8P2. The van der Waals surface area contributed by atoms with E-state index in [0.29, 0.717) is 6.42 Å². The van der Waals surface area contributed by atoms with Crippen molar-refractivity contribution in [1.29, 1.82) is 0 Å². The summed E-state index contributed by atoms with van der Waals surface area (Å²) >= 11 is 0. The standard InChI is InChI=1S/C10H12O.H4O7P2/c1-9(11)7-8-10-5-3-2-4-6-10;1-8(2,3)7-9(4,5)6/h2-6H,7-8H2,1H3;(H2,1,2,3)(H2,4,5,6). The summed E-state index contributed by atoms with van der Waals surface area (Å²) in [5.41, 5.74) is 1.24. The fraction of sp³-hybridized carbons (Fsp3) is 0.300. The first kappa shape index (κ1) is 19.1. The Hall–Kier alpha value is -0.850. The van der Waals surface area contributed by atoms with Crippen molar-refractivity contribution < 1.29 is 37.8 Å². The number of rotatable bonds is 5. The maximum absolute atomic E-state index is 10.6. The molecule has 8 nitrogen and oxygen atoms in total. The van der Waals surface area contributed by atoms with Gasteiger partial charge in [0.1, 0.15) is 5.78 Å². The number of hydrogen-bond donors (Lipinski definition) is 4. The van der Waals surface area contributed by atoms with Crippen LogP contribution in [0.1, 0.15) is 18.9 Å². The van der Waals surface area contributed by atoms with Crippen LogP contribution in [-0.4, -0.2) is 25.4 Å². The van der Waals surface area contributed by atoms with Gasteiger partial charge in [-0.2, -0.15) is 4.31 Å². The van der Waals surface area contributed by atoms with Crippen LogP contribution in [0.2, 0.25) is 0 Å². The third-order valence-electron chi connectivity index (χ3n) is 1.82. The summed E-state index contributed by atoms with van der Waals surface area (Å²) in [5, 5.41) is 0. The van der Waals surface area contributed by atoms with E-state index < -0.39 is 15.6 Å². The molecule has 0 aliphatic carbocycles. The lowest BCUT2D eigenvalue weighted by Crippen LogP contribution is -1.92. The monoisotopic (exact) mass is 326 g/mol. The first-order chi connectivity index (χ1) is 8.99. The van der Waals surface area contributed by atoms with Gasteiger partial charge in [0.15, 0.2) is 0 Å². The molecule has 114 valence electrons. The third kappa shape index (κ3) is 13.6. The number of benzene rings is 1. The van der Waals surface area contributed by atoms with Crippen molar-refractivity contribution in [2.75, 3.05) is 0 Å². The van der Waals surface area contributed by atoms with E-state index in [1.807, 2.05) is 30.3 Å². The van der Waals surface area contributed by atoms with Crippen LogP contribution in [0.15, 0.2) is 30.3 Å². The average molecular weight is 326 g/mol. The first-order valence-electron chi connectivity index (χ1n) is 5.35. The van der Waals surface area contributed by atoms with Crippen LogP contribution in [0, 0.1) is 0 Å². The lowest BCUT2D eigenvalue weighted by atomic mass is 10.1. The Bertz CT molecular complexity index is 483. The second kappa shape index (κ2) is 8.44. The third-order valence-corrected chi connectivity index (χ3v) is 3.52. The fourth-order valence-corrected chi connectivity index (χ4v) is 2.21. The summed E-state index contributed by atoms with van der Waals surface area (Å²) in [6.45, 7) is 1.63. The molecule has 0 aromatic heterocycles. The van der Waals surface area contributed by atoms with Crippen LogP contribution in [0.3, 0.4) is 0 Å². The lowest BCUT2D eigenvalue weighted by Gasteiger charge is -2.03. The van der Waals surface area contributed by atoms with E-state index in [0.717, 1.165) is 6.42 Å². The van der Waals surface area contributed by atoms with Gasteiger partial charge in [-0.1, -0.05) is 30.3 Å². The van der Waals surface area contributed by atoms with Gasteiger partial charge in [-0.05, 0) is 18.9 Å². The fourth-order valence-electron chi connectivity index (χ4n) is 1.10. The van der Waals surface area contributed by atoms with Crippen molar-refractivity contribution in [3.8, 4) is 0 Å².